The van der Waals surface area contributed by atoms with E-state index >= 15 is 0 Å². The monoisotopic (exact) mass is 317 g/mol. The number of alkyl halides is 3. The molecule has 8 heteroatoms. The van der Waals surface area contributed by atoms with Crippen LogP contribution < -0.4 is 10.1 Å². The van der Waals surface area contributed by atoms with Crippen LogP contribution in [0.25, 0.3) is 0 Å². The van der Waals surface area contributed by atoms with Gasteiger partial charge in [-0.3, -0.25) is 0 Å². The third-order valence-electron chi connectivity index (χ3n) is 2.50. The van der Waals surface area contributed by atoms with Crippen LogP contribution in [0.3, 0.4) is 0 Å². The maximum Gasteiger partial charge on any atom is 0.416 e. The van der Waals surface area contributed by atoms with E-state index in [4.69, 9.17) is 4.74 Å². The van der Waals surface area contributed by atoms with Crippen molar-refractivity contribution in [1.29, 1.82) is 0 Å². The van der Waals surface area contributed by atoms with E-state index in [9.17, 15) is 13.2 Å². The molecule has 0 aliphatic carbocycles. The van der Waals surface area contributed by atoms with Gasteiger partial charge in [0.05, 0.1) is 12.1 Å². The van der Waals surface area contributed by atoms with Crippen LogP contribution in [0.2, 0.25) is 0 Å². The largest absolute Gasteiger partial charge is 0.430 e. The number of hydrogen-bond donors (Lipinski definition) is 1. The van der Waals surface area contributed by atoms with Crippen molar-refractivity contribution in [1.82, 2.24) is 15.5 Å². The Hall–Kier alpha value is -1.67. The van der Waals surface area contributed by atoms with Gasteiger partial charge in [0, 0.05) is 6.04 Å². The normalized spacial score (nSPS) is 11.9. The van der Waals surface area contributed by atoms with E-state index < -0.39 is 11.7 Å². The lowest BCUT2D eigenvalue weighted by Gasteiger charge is -2.07. The molecule has 1 aromatic heterocycles. The zero-order valence-electron chi connectivity index (χ0n) is 11.4. The lowest BCUT2D eigenvalue weighted by atomic mass is 10.2. The molecule has 0 atom stereocenters. The Labute approximate surface area is 124 Å². The van der Waals surface area contributed by atoms with Crippen LogP contribution >= 0.6 is 11.3 Å². The quantitative estimate of drug-likeness (QED) is 0.910. The van der Waals surface area contributed by atoms with Gasteiger partial charge in [0.25, 0.3) is 5.19 Å². The molecule has 114 valence electrons. The van der Waals surface area contributed by atoms with Crippen molar-refractivity contribution < 1.29 is 17.9 Å². The van der Waals surface area contributed by atoms with Crippen LogP contribution in [0, 0.1) is 0 Å². The van der Waals surface area contributed by atoms with Crippen molar-refractivity contribution in [2.75, 3.05) is 0 Å². The molecule has 2 aromatic rings. The standard InChI is InChI=1S/C13H14F3N3OS/c1-8(2)17-7-11-18-19-12(21-11)20-10-5-3-9(4-6-10)13(14,15)16/h3-6,8,17H,7H2,1-2H3. The first kappa shape index (κ1) is 15.7. The predicted molar refractivity (Wildman–Crippen MR) is 73.4 cm³/mol. The van der Waals surface area contributed by atoms with Gasteiger partial charge < -0.3 is 10.1 Å². The summed E-state index contributed by atoms with van der Waals surface area (Å²) in [6.07, 6.45) is -4.35. The van der Waals surface area contributed by atoms with Gasteiger partial charge in [-0.25, -0.2) is 0 Å². The van der Waals surface area contributed by atoms with Crippen LogP contribution in [0.4, 0.5) is 13.2 Å². The topological polar surface area (TPSA) is 47.0 Å². The second kappa shape index (κ2) is 6.40. The van der Waals surface area contributed by atoms with Crippen LogP contribution in [0.15, 0.2) is 24.3 Å². The number of aromatic nitrogens is 2. The summed E-state index contributed by atoms with van der Waals surface area (Å²) < 4.78 is 42.7. The SMILES string of the molecule is CC(C)NCc1nnc(Oc2ccc(C(F)(F)F)cc2)s1. The zero-order chi connectivity index (χ0) is 15.5. The van der Waals surface area contributed by atoms with Crippen LogP contribution in [0.1, 0.15) is 24.4 Å². The molecule has 0 spiro atoms. The van der Waals surface area contributed by atoms with E-state index in [-0.39, 0.29) is 0 Å². The Balaban J connectivity index is 1.98. The maximum absolute atomic E-state index is 12.4. The summed E-state index contributed by atoms with van der Waals surface area (Å²) in [5.41, 5.74) is -0.714. The fraction of sp³-hybridized carbons (Fsp3) is 0.385. The lowest BCUT2D eigenvalue weighted by molar-refractivity contribution is -0.137. The summed E-state index contributed by atoms with van der Waals surface area (Å²) in [5, 5.41) is 12.0. The van der Waals surface area contributed by atoms with E-state index in [0.29, 0.717) is 23.5 Å². The van der Waals surface area contributed by atoms with E-state index in [1.165, 1.54) is 23.5 Å². The van der Waals surface area contributed by atoms with Crippen LogP contribution in [-0.2, 0) is 12.7 Å². The third-order valence-corrected chi connectivity index (χ3v) is 3.30. The molecule has 0 radical (unpaired) electrons. The third kappa shape index (κ3) is 4.68. The highest BCUT2D eigenvalue weighted by molar-refractivity contribution is 7.13. The average molecular weight is 317 g/mol. The van der Waals surface area contributed by atoms with Crippen molar-refractivity contribution in [2.24, 2.45) is 0 Å². The molecule has 4 nitrogen and oxygen atoms in total. The van der Waals surface area contributed by atoms with Gasteiger partial charge in [-0.15, -0.1) is 5.10 Å². The minimum absolute atomic E-state index is 0.294. The van der Waals surface area contributed by atoms with Crippen LogP contribution in [0.5, 0.6) is 10.9 Å². The number of benzene rings is 1. The van der Waals surface area contributed by atoms with Gasteiger partial charge in [0.15, 0.2) is 0 Å². The molecule has 0 bridgehead atoms. The Kier molecular flexibility index (Phi) is 4.79. The van der Waals surface area contributed by atoms with Gasteiger partial charge in [-0.1, -0.05) is 30.3 Å². The number of nitrogens with zero attached hydrogens (tertiary/aromatic N) is 2. The first-order valence-corrected chi connectivity index (χ1v) is 7.07. The molecule has 1 N–H and O–H groups in total. The summed E-state index contributed by atoms with van der Waals surface area (Å²) in [5.74, 6) is 0.294. The Morgan fingerprint density at radius 1 is 1.19 bits per heavy atom. The minimum atomic E-state index is -4.35. The summed E-state index contributed by atoms with van der Waals surface area (Å²) in [4.78, 5) is 0. The smallest absolute Gasteiger partial charge is 0.416 e. The number of nitrogens with one attached hydrogen (secondary N) is 1. The summed E-state index contributed by atoms with van der Waals surface area (Å²) >= 11 is 1.25. The van der Waals surface area contributed by atoms with E-state index in [1.807, 2.05) is 13.8 Å². The van der Waals surface area contributed by atoms with E-state index in [2.05, 4.69) is 15.5 Å². The summed E-state index contributed by atoms with van der Waals surface area (Å²) in [7, 11) is 0. The van der Waals surface area contributed by atoms with Crippen molar-refractivity contribution in [3.05, 3.63) is 34.8 Å². The Morgan fingerprint density at radius 2 is 1.86 bits per heavy atom. The highest BCUT2D eigenvalue weighted by Crippen LogP contribution is 2.31. The zero-order valence-corrected chi connectivity index (χ0v) is 12.3. The molecule has 0 amide bonds. The highest BCUT2D eigenvalue weighted by atomic mass is 32.1. The molecule has 1 heterocycles. The van der Waals surface area contributed by atoms with Crippen LogP contribution in [-0.4, -0.2) is 16.2 Å². The summed E-state index contributed by atoms with van der Waals surface area (Å²) in [6, 6.07) is 4.79. The molecule has 0 saturated heterocycles. The number of hydrogen-bond acceptors (Lipinski definition) is 5. The Morgan fingerprint density at radius 3 is 2.43 bits per heavy atom. The van der Waals surface area contributed by atoms with Gasteiger partial charge in [-0.05, 0) is 24.3 Å². The van der Waals surface area contributed by atoms with Gasteiger partial charge in [0.1, 0.15) is 10.8 Å². The predicted octanol–water partition coefficient (Wildman–Crippen LogP) is 3.85. The van der Waals surface area contributed by atoms with E-state index in [0.717, 1.165) is 17.1 Å². The highest BCUT2D eigenvalue weighted by Gasteiger charge is 2.30. The molecule has 0 saturated carbocycles. The van der Waals surface area contributed by atoms with Crippen molar-refractivity contribution in [3.63, 3.8) is 0 Å². The minimum Gasteiger partial charge on any atom is -0.430 e. The first-order valence-electron chi connectivity index (χ1n) is 6.25. The molecule has 1 aromatic carbocycles. The van der Waals surface area contributed by atoms with Gasteiger partial charge >= 0.3 is 6.18 Å². The fourth-order valence-electron chi connectivity index (χ4n) is 1.46. The average Bonchev–Trinajstić information content (AvgIpc) is 2.83. The number of ether oxygens (including phenoxy) is 1. The molecular formula is C13H14F3N3OS. The second-order valence-corrected chi connectivity index (χ2v) is 5.65. The molecule has 0 aliphatic heterocycles. The fourth-order valence-corrected chi connectivity index (χ4v) is 2.11. The number of rotatable bonds is 5. The molecule has 0 unspecified atom stereocenters. The molecule has 21 heavy (non-hydrogen) atoms. The van der Waals surface area contributed by atoms with Crippen molar-refractivity contribution >= 4 is 11.3 Å². The Bertz CT molecular complexity index is 581. The first-order chi connectivity index (χ1) is 9.84. The lowest BCUT2D eigenvalue weighted by Crippen LogP contribution is -2.21. The summed E-state index contributed by atoms with van der Waals surface area (Å²) in [6.45, 7) is 4.60. The van der Waals surface area contributed by atoms with Crippen molar-refractivity contribution in [3.8, 4) is 10.9 Å². The maximum atomic E-state index is 12.4. The van der Waals surface area contributed by atoms with E-state index in [1.54, 1.807) is 0 Å². The van der Waals surface area contributed by atoms with Gasteiger partial charge in [-0.2, -0.15) is 13.2 Å². The van der Waals surface area contributed by atoms with Crippen molar-refractivity contribution in [2.45, 2.75) is 32.6 Å². The second-order valence-electron chi connectivity index (χ2n) is 4.62. The number of halogens is 3. The molecule has 0 aliphatic rings. The molecule has 2 rings (SSSR count). The molecule has 0 fully saturated rings. The van der Waals surface area contributed by atoms with Gasteiger partial charge in [0.2, 0.25) is 0 Å². The molecular weight excluding hydrogens is 303 g/mol.